The van der Waals surface area contributed by atoms with Crippen LogP contribution in [0.25, 0.3) is 0 Å². The summed E-state index contributed by atoms with van der Waals surface area (Å²) in [6, 6.07) is 2.70. The van der Waals surface area contributed by atoms with Crippen LogP contribution in [0, 0.1) is 5.82 Å². The molecule has 0 aliphatic rings. The van der Waals surface area contributed by atoms with Gasteiger partial charge in [-0.25, -0.2) is 4.39 Å². The van der Waals surface area contributed by atoms with Gasteiger partial charge >= 0.3 is 0 Å². The molecule has 0 aromatic heterocycles. The first kappa shape index (κ1) is 16.1. The quantitative estimate of drug-likeness (QED) is 0.808. The Bertz CT molecular complexity index is 476. The van der Waals surface area contributed by atoms with Gasteiger partial charge in [0.15, 0.2) is 0 Å². The first-order valence-electron chi connectivity index (χ1n) is 6.56. The molecule has 0 aliphatic heterocycles. The van der Waals surface area contributed by atoms with Crippen molar-refractivity contribution >= 4 is 17.3 Å². The SMILES string of the molecule is CCN(CC)C(=O)CN(C)c1cc(OC)c(N)cc1F. The number of methoxy groups -OCH3 is 1. The van der Waals surface area contributed by atoms with Crippen LogP contribution in [0.15, 0.2) is 12.1 Å². The van der Waals surface area contributed by atoms with Crippen LogP contribution in [-0.2, 0) is 4.79 Å². The number of rotatable bonds is 6. The van der Waals surface area contributed by atoms with E-state index in [0.717, 1.165) is 0 Å². The van der Waals surface area contributed by atoms with Gasteiger partial charge < -0.3 is 20.3 Å². The van der Waals surface area contributed by atoms with Crippen molar-refractivity contribution < 1.29 is 13.9 Å². The van der Waals surface area contributed by atoms with E-state index in [1.165, 1.54) is 19.2 Å². The lowest BCUT2D eigenvalue weighted by Crippen LogP contribution is -2.39. The number of likely N-dealkylation sites (N-methyl/N-ethyl adjacent to an activating group) is 2. The molecule has 0 unspecified atom stereocenters. The predicted octanol–water partition coefficient (Wildman–Crippen LogP) is 1.72. The summed E-state index contributed by atoms with van der Waals surface area (Å²) in [6.07, 6.45) is 0. The molecule has 0 spiro atoms. The Kier molecular flexibility index (Phi) is 5.61. The number of amides is 1. The summed E-state index contributed by atoms with van der Waals surface area (Å²) in [5.41, 5.74) is 6.16. The van der Waals surface area contributed by atoms with Crippen LogP contribution in [0.4, 0.5) is 15.8 Å². The Labute approximate surface area is 119 Å². The number of carbonyl (C=O) groups is 1. The Morgan fingerprint density at radius 3 is 2.45 bits per heavy atom. The first-order chi connectivity index (χ1) is 9.44. The monoisotopic (exact) mass is 283 g/mol. The predicted molar refractivity (Wildman–Crippen MR) is 78.6 cm³/mol. The van der Waals surface area contributed by atoms with E-state index in [-0.39, 0.29) is 23.8 Å². The molecule has 0 fully saturated rings. The van der Waals surface area contributed by atoms with Gasteiger partial charge in [0, 0.05) is 32.3 Å². The maximum absolute atomic E-state index is 13.9. The minimum absolute atomic E-state index is 0.0484. The van der Waals surface area contributed by atoms with Crippen LogP contribution in [0.1, 0.15) is 13.8 Å². The summed E-state index contributed by atoms with van der Waals surface area (Å²) in [5, 5.41) is 0. The number of ether oxygens (including phenoxy) is 1. The average Bonchev–Trinajstić information content (AvgIpc) is 2.40. The van der Waals surface area contributed by atoms with E-state index >= 15 is 0 Å². The Morgan fingerprint density at radius 1 is 1.35 bits per heavy atom. The van der Waals surface area contributed by atoms with Crippen LogP contribution in [0.5, 0.6) is 5.75 Å². The number of benzene rings is 1. The van der Waals surface area contributed by atoms with E-state index in [0.29, 0.717) is 18.8 Å². The normalized spacial score (nSPS) is 10.2. The van der Waals surface area contributed by atoms with Crippen LogP contribution < -0.4 is 15.4 Å². The molecule has 0 bridgehead atoms. The molecule has 5 nitrogen and oxygen atoms in total. The number of hydrogen-bond donors (Lipinski definition) is 1. The summed E-state index contributed by atoms with van der Waals surface area (Å²) in [4.78, 5) is 15.3. The van der Waals surface area contributed by atoms with Crippen molar-refractivity contribution in [3.63, 3.8) is 0 Å². The van der Waals surface area contributed by atoms with Gasteiger partial charge in [0.1, 0.15) is 11.6 Å². The highest BCUT2D eigenvalue weighted by Crippen LogP contribution is 2.30. The van der Waals surface area contributed by atoms with Crippen molar-refractivity contribution in [2.45, 2.75) is 13.8 Å². The Hall–Kier alpha value is -1.98. The third-order valence-corrected chi connectivity index (χ3v) is 3.20. The molecular formula is C14H22FN3O2. The second-order valence-corrected chi connectivity index (χ2v) is 4.47. The zero-order valence-electron chi connectivity index (χ0n) is 12.4. The number of hydrogen-bond acceptors (Lipinski definition) is 4. The fourth-order valence-electron chi connectivity index (χ4n) is 1.99. The van der Waals surface area contributed by atoms with Crippen molar-refractivity contribution in [1.29, 1.82) is 0 Å². The summed E-state index contributed by atoms with van der Waals surface area (Å²) in [6.45, 7) is 5.20. The molecule has 0 saturated carbocycles. The highest BCUT2D eigenvalue weighted by molar-refractivity contribution is 5.81. The van der Waals surface area contributed by atoms with Crippen LogP contribution >= 0.6 is 0 Å². The lowest BCUT2D eigenvalue weighted by molar-refractivity contribution is -0.129. The van der Waals surface area contributed by atoms with Crippen molar-refractivity contribution in [3.05, 3.63) is 17.9 Å². The minimum atomic E-state index is -0.474. The lowest BCUT2D eigenvalue weighted by Gasteiger charge is -2.25. The van der Waals surface area contributed by atoms with E-state index in [9.17, 15) is 9.18 Å². The van der Waals surface area contributed by atoms with Gasteiger partial charge in [-0.2, -0.15) is 0 Å². The average molecular weight is 283 g/mol. The van der Waals surface area contributed by atoms with Gasteiger partial charge in [-0.1, -0.05) is 0 Å². The maximum Gasteiger partial charge on any atom is 0.242 e. The second kappa shape index (κ2) is 6.98. The summed E-state index contributed by atoms with van der Waals surface area (Å²) in [5.74, 6) is -0.130. The molecule has 6 heteroatoms. The van der Waals surface area contributed by atoms with Crippen LogP contribution in [0.3, 0.4) is 0 Å². The molecule has 1 rings (SSSR count). The molecule has 2 N–H and O–H groups in total. The van der Waals surface area contributed by atoms with Crippen molar-refractivity contribution in [2.24, 2.45) is 0 Å². The molecule has 0 aliphatic carbocycles. The van der Waals surface area contributed by atoms with Crippen molar-refractivity contribution in [2.75, 3.05) is 44.4 Å². The van der Waals surface area contributed by atoms with Crippen molar-refractivity contribution in [1.82, 2.24) is 4.90 Å². The second-order valence-electron chi connectivity index (χ2n) is 4.47. The fourth-order valence-corrected chi connectivity index (χ4v) is 1.99. The van der Waals surface area contributed by atoms with E-state index in [4.69, 9.17) is 10.5 Å². The molecule has 112 valence electrons. The van der Waals surface area contributed by atoms with E-state index in [2.05, 4.69) is 0 Å². The molecule has 20 heavy (non-hydrogen) atoms. The van der Waals surface area contributed by atoms with E-state index in [1.54, 1.807) is 16.8 Å². The van der Waals surface area contributed by atoms with Gasteiger partial charge in [-0.15, -0.1) is 0 Å². The number of nitrogens with zero attached hydrogens (tertiary/aromatic N) is 2. The number of carbonyl (C=O) groups excluding carboxylic acids is 1. The highest BCUT2D eigenvalue weighted by Gasteiger charge is 2.17. The van der Waals surface area contributed by atoms with Gasteiger partial charge in [0.2, 0.25) is 5.91 Å². The van der Waals surface area contributed by atoms with Gasteiger partial charge in [-0.3, -0.25) is 4.79 Å². The molecular weight excluding hydrogens is 261 g/mol. The zero-order valence-corrected chi connectivity index (χ0v) is 12.4. The highest BCUT2D eigenvalue weighted by atomic mass is 19.1. The number of anilines is 2. The molecule has 1 aromatic rings. The van der Waals surface area contributed by atoms with Gasteiger partial charge in [0.25, 0.3) is 0 Å². The molecule has 0 atom stereocenters. The smallest absolute Gasteiger partial charge is 0.242 e. The van der Waals surface area contributed by atoms with Crippen LogP contribution in [-0.4, -0.2) is 44.6 Å². The lowest BCUT2D eigenvalue weighted by atomic mass is 10.2. The molecule has 0 radical (unpaired) electrons. The van der Waals surface area contributed by atoms with E-state index < -0.39 is 5.82 Å². The topological polar surface area (TPSA) is 58.8 Å². The number of halogens is 1. The molecule has 1 amide bonds. The minimum Gasteiger partial charge on any atom is -0.495 e. The van der Waals surface area contributed by atoms with Gasteiger partial charge in [-0.05, 0) is 13.8 Å². The Morgan fingerprint density at radius 2 is 1.95 bits per heavy atom. The molecule has 0 heterocycles. The summed E-state index contributed by atoms with van der Waals surface area (Å²) < 4.78 is 19.0. The first-order valence-corrected chi connectivity index (χ1v) is 6.56. The third kappa shape index (κ3) is 3.53. The van der Waals surface area contributed by atoms with Crippen LogP contribution in [0.2, 0.25) is 0 Å². The zero-order chi connectivity index (χ0) is 15.3. The summed E-state index contributed by atoms with van der Waals surface area (Å²) in [7, 11) is 3.13. The van der Waals surface area contributed by atoms with Crippen molar-refractivity contribution in [3.8, 4) is 5.75 Å². The number of nitrogen functional groups attached to an aromatic ring is 1. The standard InChI is InChI=1S/C14H22FN3O2/c1-5-18(6-2)14(19)9-17(3)12-8-13(20-4)11(16)7-10(12)15/h7-8H,5-6,9,16H2,1-4H3. The maximum atomic E-state index is 13.9. The number of nitrogens with two attached hydrogens (primary N) is 1. The largest absolute Gasteiger partial charge is 0.495 e. The van der Waals surface area contributed by atoms with E-state index in [1.807, 2.05) is 13.8 Å². The molecule has 1 aromatic carbocycles. The van der Waals surface area contributed by atoms with Gasteiger partial charge in [0.05, 0.1) is 25.0 Å². The molecule has 0 saturated heterocycles. The third-order valence-electron chi connectivity index (χ3n) is 3.20. The summed E-state index contributed by atoms with van der Waals surface area (Å²) >= 11 is 0. The Balaban J connectivity index is 2.92. The fraction of sp³-hybridized carbons (Fsp3) is 0.500.